The molecule has 1 aromatic carbocycles. The second kappa shape index (κ2) is 4.79. The van der Waals surface area contributed by atoms with Crippen LogP contribution in [0.4, 0.5) is 0 Å². The number of hydrogen-bond donors (Lipinski definition) is 1. The fourth-order valence-electron chi connectivity index (χ4n) is 2.47. The Morgan fingerprint density at radius 1 is 1.21 bits per heavy atom. The second-order valence-electron chi connectivity index (χ2n) is 4.67. The molecule has 1 aromatic heterocycles. The summed E-state index contributed by atoms with van der Waals surface area (Å²) >= 11 is 0. The second-order valence-corrected chi connectivity index (χ2v) is 4.67. The van der Waals surface area contributed by atoms with E-state index in [4.69, 9.17) is 5.21 Å². The molecule has 0 bridgehead atoms. The summed E-state index contributed by atoms with van der Waals surface area (Å²) in [5, 5.41) is 14.3. The maximum absolute atomic E-state index is 8.80. The molecule has 100 valence electrons. The number of amidine groups is 1. The van der Waals surface area contributed by atoms with E-state index in [2.05, 4.69) is 30.8 Å². The van der Waals surface area contributed by atoms with Crippen LogP contribution >= 0.6 is 0 Å². The topological polar surface area (TPSA) is 56.9 Å². The molecule has 0 saturated carbocycles. The smallest absolute Gasteiger partial charge is 0.141 e. The molecule has 3 rings (SSSR count). The van der Waals surface area contributed by atoms with Crippen LogP contribution in [0.1, 0.15) is 6.92 Å². The molecule has 0 amide bonds. The van der Waals surface area contributed by atoms with E-state index in [1.54, 1.807) is 0 Å². The Hall–Kier alpha value is -2.24. The van der Waals surface area contributed by atoms with Gasteiger partial charge in [-0.15, -0.1) is 0 Å². The normalized spacial score (nSPS) is 17.2. The quantitative estimate of drug-likeness (QED) is 0.360. The average Bonchev–Trinajstić information content (AvgIpc) is 2.90. The van der Waals surface area contributed by atoms with Crippen molar-refractivity contribution in [3.63, 3.8) is 0 Å². The lowest BCUT2D eigenvalue weighted by Crippen LogP contribution is -2.52. The molecule has 0 aliphatic carbocycles. The van der Waals surface area contributed by atoms with Gasteiger partial charge in [-0.3, -0.25) is 0 Å². The van der Waals surface area contributed by atoms with Gasteiger partial charge in [0.2, 0.25) is 0 Å². The summed E-state index contributed by atoms with van der Waals surface area (Å²) in [6, 6.07) is 8.12. The maximum Gasteiger partial charge on any atom is 0.141 e. The van der Waals surface area contributed by atoms with Crippen molar-refractivity contribution in [3.05, 3.63) is 30.6 Å². The van der Waals surface area contributed by atoms with Gasteiger partial charge in [-0.1, -0.05) is 17.3 Å². The number of benzene rings is 1. The van der Waals surface area contributed by atoms with Crippen molar-refractivity contribution in [1.29, 1.82) is 0 Å². The summed E-state index contributed by atoms with van der Waals surface area (Å²) in [6.07, 6.45) is 1.87. The van der Waals surface area contributed by atoms with Crippen molar-refractivity contribution >= 4 is 16.9 Å². The number of fused-ring (bicyclic) bond motifs is 1. The highest BCUT2D eigenvalue weighted by molar-refractivity contribution is 5.79. The molecule has 1 aliphatic rings. The third-order valence-corrected chi connectivity index (χ3v) is 3.60. The first-order valence-corrected chi connectivity index (χ1v) is 6.40. The average molecular weight is 259 g/mol. The first kappa shape index (κ1) is 11.8. The van der Waals surface area contributed by atoms with Crippen LogP contribution in [0.15, 0.2) is 35.7 Å². The van der Waals surface area contributed by atoms with Crippen LogP contribution < -0.4 is 5.01 Å². The first-order valence-electron chi connectivity index (χ1n) is 6.40. The van der Waals surface area contributed by atoms with Gasteiger partial charge in [0.25, 0.3) is 0 Å². The van der Waals surface area contributed by atoms with Gasteiger partial charge < -0.3 is 15.1 Å². The number of hydrogen-bond acceptors (Lipinski definition) is 4. The van der Waals surface area contributed by atoms with Crippen molar-refractivity contribution < 1.29 is 5.21 Å². The lowest BCUT2D eigenvalue weighted by Gasteiger charge is -2.37. The Balaban J connectivity index is 1.78. The number of aromatic nitrogens is 2. The van der Waals surface area contributed by atoms with Gasteiger partial charge in [0, 0.05) is 13.1 Å². The Kier molecular flexibility index (Phi) is 2.98. The van der Waals surface area contributed by atoms with Crippen LogP contribution in [0.5, 0.6) is 0 Å². The summed E-state index contributed by atoms with van der Waals surface area (Å²) in [4.78, 5) is 6.49. The minimum absolute atomic E-state index is 0.676. The van der Waals surface area contributed by atoms with Gasteiger partial charge in [0.05, 0.1) is 24.1 Å². The molecule has 1 N–H and O–H groups in total. The van der Waals surface area contributed by atoms with Crippen molar-refractivity contribution in [1.82, 2.24) is 14.6 Å². The number of imidazole rings is 1. The molecular weight excluding hydrogens is 242 g/mol. The summed E-state index contributed by atoms with van der Waals surface area (Å²) in [6.45, 7) is 5.29. The third-order valence-electron chi connectivity index (χ3n) is 3.60. The molecule has 0 atom stereocenters. The van der Waals surface area contributed by atoms with Crippen molar-refractivity contribution in [2.24, 2.45) is 5.16 Å². The molecule has 1 saturated heterocycles. The van der Waals surface area contributed by atoms with E-state index in [0.29, 0.717) is 5.84 Å². The molecular formula is C13H17N5O. The molecule has 6 nitrogen and oxygen atoms in total. The summed E-state index contributed by atoms with van der Waals surface area (Å²) in [5.74, 6) is 0.676. The molecule has 19 heavy (non-hydrogen) atoms. The fourth-order valence-corrected chi connectivity index (χ4v) is 2.47. The molecule has 0 radical (unpaired) electrons. The van der Waals surface area contributed by atoms with Crippen LogP contribution in [0, 0.1) is 0 Å². The Labute approximate surface area is 111 Å². The molecule has 2 aromatic rings. The molecule has 0 spiro atoms. The van der Waals surface area contributed by atoms with Crippen molar-refractivity contribution in [2.45, 2.75) is 6.92 Å². The van der Waals surface area contributed by atoms with E-state index >= 15 is 0 Å². The molecule has 2 heterocycles. The summed E-state index contributed by atoms with van der Waals surface area (Å²) < 4.78 is 2.11. The number of nitrogens with zero attached hydrogens (tertiary/aromatic N) is 5. The summed E-state index contributed by atoms with van der Waals surface area (Å²) in [5.41, 5.74) is 2.14. The highest BCUT2D eigenvalue weighted by atomic mass is 16.4. The number of para-hydroxylation sites is 2. The third kappa shape index (κ3) is 2.09. The van der Waals surface area contributed by atoms with Crippen LogP contribution in [-0.4, -0.2) is 51.8 Å². The molecule has 0 unspecified atom stereocenters. The monoisotopic (exact) mass is 259 g/mol. The van der Waals surface area contributed by atoms with Crippen LogP contribution in [0.25, 0.3) is 11.0 Å². The van der Waals surface area contributed by atoms with Gasteiger partial charge in [-0.05, 0) is 19.1 Å². The zero-order valence-electron chi connectivity index (χ0n) is 10.9. The Morgan fingerprint density at radius 2 is 1.95 bits per heavy atom. The fraction of sp³-hybridized carbons (Fsp3) is 0.385. The van der Waals surface area contributed by atoms with E-state index in [-0.39, 0.29) is 0 Å². The van der Waals surface area contributed by atoms with Gasteiger partial charge in [0.15, 0.2) is 0 Å². The first-order chi connectivity index (χ1) is 9.29. The standard InChI is InChI=1S/C13H17N5O/c1-11(15-19)16-6-8-17(9-7-16)18-10-14-12-4-2-3-5-13(12)18/h2-5,10,19H,6-9H2,1H3. The highest BCUT2D eigenvalue weighted by Crippen LogP contribution is 2.13. The molecule has 1 aliphatic heterocycles. The zero-order chi connectivity index (χ0) is 13.2. The largest absolute Gasteiger partial charge is 0.409 e. The lowest BCUT2D eigenvalue weighted by atomic mass is 10.3. The Morgan fingerprint density at radius 3 is 2.68 bits per heavy atom. The minimum Gasteiger partial charge on any atom is -0.409 e. The predicted octanol–water partition coefficient (Wildman–Crippen LogP) is 1.10. The number of piperazine rings is 1. The van der Waals surface area contributed by atoms with Crippen LogP contribution in [-0.2, 0) is 0 Å². The summed E-state index contributed by atoms with van der Waals surface area (Å²) in [7, 11) is 0. The van der Waals surface area contributed by atoms with Gasteiger partial charge in [0.1, 0.15) is 12.2 Å². The minimum atomic E-state index is 0.676. The van der Waals surface area contributed by atoms with Crippen LogP contribution in [0.3, 0.4) is 0 Å². The predicted molar refractivity (Wildman–Crippen MR) is 74.2 cm³/mol. The molecule has 6 heteroatoms. The van der Waals surface area contributed by atoms with E-state index in [9.17, 15) is 0 Å². The lowest BCUT2D eigenvalue weighted by molar-refractivity contribution is 0.288. The van der Waals surface area contributed by atoms with Gasteiger partial charge in [-0.2, -0.15) is 0 Å². The van der Waals surface area contributed by atoms with Crippen molar-refractivity contribution in [3.8, 4) is 0 Å². The maximum atomic E-state index is 8.80. The van der Waals surface area contributed by atoms with E-state index in [0.717, 1.165) is 37.2 Å². The number of oxime groups is 1. The van der Waals surface area contributed by atoms with Crippen molar-refractivity contribution in [2.75, 3.05) is 31.2 Å². The zero-order valence-corrected chi connectivity index (χ0v) is 10.9. The van der Waals surface area contributed by atoms with E-state index in [1.807, 2.05) is 31.5 Å². The Bertz CT molecular complexity index is 598. The van der Waals surface area contributed by atoms with Gasteiger partial charge in [-0.25, -0.2) is 9.66 Å². The SMILES string of the molecule is CC(=NO)N1CCN(n2cnc3ccccc32)CC1. The van der Waals surface area contributed by atoms with E-state index < -0.39 is 0 Å². The van der Waals surface area contributed by atoms with Crippen LogP contribution in [0.2, 0.25) is 0 Å². The van der Waals surface area contributed by atoms with E-state index in [1.165, 1.54) is 0 Å². The van der Waals surface area contributed by atoms with Gasteiger partial charge >= 0.3 is 0 Å². The number of rotatable bonds is 1. The molecule has 1 fully saturated rings. The highest BCUT2D eigenvalue weighted by Gasteiger charge is 2.19.